The Hall–Kier alpha value is -0.970. The van der Waals surface area contributed by atoms with Crippen LogP contribution in [0.3, 0.4) is 0 Å². The van der Waals surface area contributed by atoms with Crippen LogP contribution in [0.25, 0.3) is 0 Å². The Balaban J connectivity index is 2.46. The maximum atomic E-state index is 11.1. The summed E-state index contributed by atoms with van der Waals surface area (Å²) < 4.78 is 0. The highest BCUT2D eigenvalue weighted by molar-refractivity contribution is 5.93. The van der Waals surface area contributed by atoms with Crippen molar-refractivity contribution in [2.24, 2.45) is 5.92 Å². The first kappa shape index (κ1) is 9.12. The minimum Gasteiger partial charge on any atom is -0.340 e. The Bertz CT molecular complexity index is 240. The molecule has 0 aromatic rings. The molecule has 1 fully saturated rings. The smallest absolute Gasteiger partial charge is 0.296 e. The van der Waals surface area contributed by atoms with E-state index < -0.39 is 0 Å². The second-order valence-corrected chi connectivity index (χ2v) is 3.83. The lowest BCUT2D eigenvalue weighted by Crippen LogP contribution is -2.44. The van der Waals surface area contributed by atoms with E-state index in [1.54, 1.807) is 6.92 Å². The van der Waals surface area contributed by atoms with Gasteiger partial charge in [0.15, 0.2) is 0 Å². The van der Waals surface area contributed by atoms with Crippen molar-refractivity contribution in [3.05, 3.63) is 0 Å². The van der Waals surface area contributed by atoms with Crippen LogP contribution in [0.5, 0.6) is 0 Å². The Morgan fingerprint density at radius 2 is 2.08 bits per heavy atom. The molecule has 2 nitrogen and oxygen atoms in total. The van der Waals surface area contributed by atoms with Gasteiger partial charge in [-0.2, -0.15) is 0 Å². The van der Waals surface area contributed by atoms with E-state index in [0.29, 0.717) is 5.92 Å². The van der Waals surface area contributed by atoms with Crippen LogP contribution in [-0.2, 0) is 4.79 Å². The zero-order valence-corrected chi connectivity index (χ0v) is 7.90. The van der Waals surface area contributed by atoms with Crippen LogP contribution in [0.1, 0.15) is 33.6 Å². The molecule has 1 saturated carbocycles. The van der Waals surface area contributed by atoms with Crippen molar-refractivity contribution in [2.75, 3.05) is 0 Å². The quantitative estimate of drug-likeness (QED) is 0.614. The predicted molar refractivity (Wildman–Crippen MR) is 48.4 cm³/mol. The summed E-state index contributed by atoms with van der Waals surface area (Å²) in [6.07, 6.45) is 2.46. The first-order valence-corrected chi connectivity index (χ1v) is 4.31. The molecule has 1 amide bonds. The zero-order chi connectivity index (χ0) is 9.19. The Kier molecular flexibility index (Phi) is 2.42. The molecular weight excluding hydrogens is 150 g/mol. The van der Waals surface area contributed by atoms with Gasteiger partial charge in [-0.1, -0.05) is 5.92 Å². The number of hydrogen-bond acceptors (Lipinski definition) is 1. The van der Waals surface area contributed by atoms with Gasteiger partial charge in [0, 0.05) is 5.54 Å². The fourth-order valence-corrected chi connectivity index (χ4v) is 1.34. The van der Waals surface area contributed by atoms with Crippen LogP contribution in [0.4, 0.5) is 0 Å². The fraction of sp³-hybridized carbons (Fsp3) is 0.700. The summed E-state index contributed by atoms with van der Waals surface area (Å²) in [5.74, 6) is 5.57. The van der Waals surface area contributed by atoms with Gasteiger partial charge in [-0.05, 0) is 45.5 Å². The van der Waals surface area contributed by atoms with Gasteiger partial charge in [0.2, 0.25) is 0 Å². The molecule has 0 aromatic carbocycles. The summed E-state index contributed by atoms with van der Waals surface area (Å²) in [7, 11) is 0. The molecule has 1 rings (SSSR count). The standard InChI is InChI=1S/C10H15NO/c1-4-5-9(12)11-10(2,3)8-6-7-8/h8H,6-7H2,1-3H3,(H,11,12). The van der Waals surface area contributed by atoms with Crippen LogP contribution in [0.2, 0.25) is 0 Å². The summed E-state index contributed by atoms with van der Waals surface area (Å²) in [6, 6.07) is 0. The average molecular weight is 165 g/mol. The van der Waals surface area contributed by atoms with E-state index in [1.807, 2.05) is 0 Å². The monoisotopic (exact) mass is 165 g/mol. The van der Waals surface area contributed by atoms with Crippen molar-refractivity contribution in [2.45, 2.75) is 39.2 Å². The molecule has 0 aromatic heterocycles. The molecule has 2 heteroatoms. The molecule has 0 atom stereocenters. The lowest BCUT2D eigenvalue weighted by molar-refractivity contribution is -0.117. The first-order chi connectivity index (χ1) is 5.56. The second-order valence-electron chi connectivity index (χ2n) is 3.83. The molecule has 1 aliphatic rings. The van der Waals surface area contributed by atoms with E-state index in [9.17, 15) is 4.79 Å². The number of carbonyl (C=O) groups is 1. The molecule has 12 heavy (non-hydrogen) atoms. The van der Waals surface area contributed by atoms with E-state index in [0.717, 1.165) is 0 Å². The van der Waals surface area contributed by atoms with Crippen LogP contribution in [0, 0.1) is 17.8 Å². The number of amides is 1. The van der Waals surface area contributed by atoms with Crippen molar-refractivity contribution in [3.63, 3.8) is 0 Å². The van der Waals surface area contributed by atoms with Gasteiger partial charge in [0.1, 0.15) is 0 Å². The largest absolute Gasteiger partial charge is 0.340 e. The van der Waals surface area contributed by atoms with E-state index in [-0.39, 0.29) is 11.4 Å². The molecule has 1 N–H and O–H groups in total. The van der Waals surface area contributed by atoms with E-state index >= 15 is 0 Å². The van der Waals surface area contributed by atoms with Gasteiger partial charge < -0.3 is 5.32 Å². The Morgan fingerprint density at radius 1 is 1.50 bits per heavy atom. The van der Waals surface area contributed by atoms with Crippen molar-refractivity contribution in [3.8, 4) is 11.8 Å². The van der Waals surface area contributed by atoms with Crippen molar-refractivity contribution in [1.29, 1.82) is 0 Å². The van der Waals surface area contributed by atoms with E-state index in [1.165, 1.54) is 12.8 Å². The van der Waals surface area contributed by atoms with Gasteiger partial charge in [-0.15, -0.1) is 0 Å². The van der Waals surface area contributed by atoms with Crippen molar-refractivity contribution >= 4 is 5.91 Å². The number of nitrogens with one attached hydrogen (secondary N) is 1. The van der Waals surface area contributed by atoms with Crippen molar-refractivity contribution in [1.82, 2.24) is 5.32 Å². The molecule has 0 saturated heterocycles. The third-order valence-corrected chi connectivity index (χ3v) is 2.27. The summed E-state index contributed by atoms with van der Waals surface area (Å²) in [5.41, 5.74) is -0.0685. The highest BCUT2D eigenvalue weighted by atomic mass is 16.1. The highest BCUT2D eigenvalue weighted by Crippen LogP contribution is 2.38. The molecule has 66 valence electrons. The third-order valence-electron chi connectivity index (χ3n) is 2.27. The maximum absolute atomic E-state index is 11.1. The minimum absolute atomic E-state index is 0.0685. The van der Waals surface area contributed by atoms with Gasteiger partial charge in [0.25, 0.3) is 5.91 Å². The van der Waals surface area contributed by atoms with Crippen LogP contribution in [-0.4, -0.2) is 11.4 Å². The van der Waals surface area contributed by atoms with E-state index in [2.05, 4.69) is 31.0 Å². The van der Waals surface area contributed by atoms with Gasteiger partial charge in [-0.25, -0.2) is 0 Å². The number of carbonyl (C=O) groups excluding carboxylic acids is 1. The fourth-order valence-electron chi connectivity index (χ4n) is 1.34. The van der Waals surface area contributed by atoms with Crippen molar-refractivity contribution < 1.29 is 4.79 Å². The van der Waals surface area contributed by atoms with Crippen LogP contribution >= 0.6 is 0 Å². The minimum atomic E-state index is -0.158. The van der Waals surface area contributed by atoms with Crippen LogP contribution < -0.4 is 5.32 Å². The van der Waals surface area contributed by atoms with Gasteiger partial charge in [-0.3, -0.25) is 4.79 Å². The summed E-state index contributed by atoms with van der Waals surface area (Å²) in [5, 5.41) is 2.91. The summed E-state index contributed by atoms with van der Waals surface area (Å²) >= 11 is 0. The third kappa shape index (κ3) is 2.27. The lowest BCUT2D eigenvalue weighted by atomic mass is 9.99. The molecule has 1 aliphatic carbocycles. The molecular formula is C10H15NO. The zero-order valence-electron chi connectivity index (χ0n) is 7.90. The highest BCUT2D eigenvalue weighted by Gasteiger charge is 2.38. The van der Waals surface area contributed by atoms with Crippen LogP contribution in [0.15, 0.2) is 0 Å². The Labute approximate surface area is 73.7 Å². The summed E-state index contributed by atoms with van der Waals surface area (Å²) in [4.78, 5) is 11.1. The molecule has 0 unspecified atom stereocenters. The van der Waals surface area contributed by atoms with Gasteiger partial charge in [0.05, 0.1) is 0 Å². The predicted octanol–water partition coefficient (Wildman–Crippen LogP) is 1.31. The normalized spacial score (nSPS) is 16.2. The van der Waals surface area contributed by atoms with Gasteiger partial charge >= 0.3 is 0 Å². The molecule has 0 heterocycles. The first-order valence-electron chi connectivity index (χ1n) is 4.31. The average Bonchev–Trinajstić information content (AvgIpc) is 2.65. The SMILES string of the molecule is CC#CC(=O)NC(C)(C)C1CC1. The lowest BCUT2D eigenvalue weighted by Gasteiger charge is -2.24. The second kappa shape index (κ2) is 3.18. The molecule has 0 radical (unpaired) electrons. The number of rotatable bonds is 2. The maximum Gasteiger partial charge on any atom is 0.296 e. The Morgan fingerprint density at radius 3 is 2.50 bits per heavy atom. The summed E-state index contributed by atoms with van der Waals surface area (Å²) in [6.45, 7) is 5.78. The molecule has 0 bridgehead atoms. The van der Waals surface area contributed by atoms with E-state index in [4.69, 9.17) is 0 Å². The molecule has 0 aliphatic heterocycles. The topological polar surface area (TPSA) is 29.1 Å². The number of hydrogen-bond donors (Lipinski definition) is 1. The molecule has 0 spiro atoms.